The lowest BCUT2D eigenvalue weighted by atomic mass is 9.95. The summed E-state index contributed by atoms with van der Waals surface area (Å²) >= 11 is 0. The van der Waals surface area contributed by atoms with E-state index >= 15 is 0 Å². The van der Waals surface area contributed by atoms with Gasteiger partial charge in [0.2, 0.25) is 0 Å². The fourth-order valence-electron chi connectivity index (χ4n) is 4.13. The zero-order chi connectivity index (χ0) is 22.0. The number of aromatic nitrogens is 3. The quantitative estimate of drug-likeness (QED) is 0.666. The molecule has 2 N–H and O–H groups in total. The van der Waals surface area contributed by atoms with Gasteiger partial charge in [-0.25, -0.2) is 0 Å². The van der Waals surface area contributed by atoms with Crippen LogP contribution in [0.15, 0.2) is 47.0 Å². The van der Waals surface area contributed by atoms with E-state index in [1.54, 1.807) is 19.3 Å². The molecule has 1 aliphatic heterocycles. The summed E-state index contributed by atoms with van der Waals surface area (Å²) in [5.74, 6) is -0.177. The van der Waals surface area contributed by atoms with Gasteiger partial charge in [0.15, 0.2) is 0 Å². The van der Waals surface area contributed by atoms with E-state index in [1.165, 1.54) is 11.1 Å². The van der Waals surface area contributed by atoms with Crippen molar-refractivity contribution in [1.82, 2.24) is 25.2 Å². The third-order valence-electron chi connectivity index (χ3n) is 5.84. The van der Waals surface area contributed by atoms with Crippen molar-refractivity contribution in [1.29, 1.82) is 0 Å². The Morgan fingerprint density at radius 1 is 1.23 bits per heavy atom. The second-order valence-corrected chi connectivity index (χ2v) is 7.98. The van der Waals surface area contributed by atoms with Crippen LogP contribution in [0.25, 0.3) is 16.6 Å². The molecule has 0 aliphatic carbocycles. The fourth-order valence-corrected chi connectivity index (χ4v) is 4.13. The van der Waals surface area contributed by atoms with E-state index in [4.69, 9.17) is 0 Å². The van der Waals surface area contributed by atoms with Crippen LogP contribution < -0.4 is 10.9 Å². The van der Waals surface area contributed by atoms with Crippen LogP contribution in [0.5, 0.6) is 0 Å². The number of amides is 1. The van der Waals surface area contributed by atoms with E-state index in [0.717, 1.165) is 53.8 Å². The normalized spacial score (nSPS) is 14.8. The van der Waals surface area contributed by atoms with Crippen molar-refractivity contribution in [2.45, 2.75) is 33.2 Å². The Balaban J connectivity index is 1.49. The van der Waals surface area contributed by atoms with Crippen LogP contribution in [0.2, 0.25) is 0 Å². The standard InChI is InChI=1S/C24H27N5O2/c1-4-17-10-21-22(28-23(17)30)9-16(11-26-21)14-29-8-7-19(15(2)13-29)18-5-6-20(27-12-18)24(31)25-3/h5-6,9-12H,4,7-8,13-14H2,1-3H3,(H,25,31)(H,28,30). The number of carbonyl (C=O) groups is 1. The summed E-state index contributed by atoms with van der Waals surface area (Å²) in [5.41, 5.74) is 7.51. The molecule has 1 amide bonds. The second kappa shape index (κ2) is 8.81. The first kappa shape index (κ1) is 20.9. The zero-order valence-corrected chi connectivity index (χ0v) is 18.2. The van der Waals surface area contributed by atoms with Gasteiger partial charge in [-0.2, -0.15) is 0 Å². The van der Waals surface area contributed by atoms with E-state index in [0.29, 0.717) is 12.1 Å². The molecule has 3 aromatic heterocycles. The molecule has 0 unspecified atom stereocenters. The first-order chi connectivity index (χ1) is 15.0. The van der Waals surface area contributed by atoms with Crippen molar-refractivity contribution in [3.05, 3.63) is 75.0 Å². The summed E-state index contributed by atoms with van der Waals surface area (Å²) in [7, 11) is 1.60. The lowest BCUT2D eigenvalue weighted by molar-refractivity contribution is 0.0958. The highest BCUT2D eigenvalue weighted by Crippen LogP contribution is 2.28. The third kappa shape index (κ3) is 4.41. The molecule has 0 spiro atoms. The highest BCUT2D eigenvalue weighted by Gasteiger charge is 2.19. The van der Waals surface area contributed by atoms with Crippen LogP contribution in [0.4, 0.5) is 0 Å². The van der Waals surface area contributed by atoms with Crippen molar-refractivity contribution >= 4 is 22.5 Å². The maximum absolute atomic E-state index is 12.1. The molecule has 0 bridgehead atoms. The van der Waals surface area contributed by atoms with Gasteiger partial charge < -0.3 is 10.3 Å². The number of nitrogens with zero attached hydrogens (tertiary/aromatic N) is 3. The number of H-pyrrole nitrogens is 1. The highest BCUT2D eigenvalue weighted by molar-refractivity contribution is 5.92. The molecule has 4 rings (SSSR count). The van der Waals surface area contributed by atoms with E-state index in [-0.39, 0.29) is 11.5 Å². The average molecular weight is 418 g/mol. The Morgan fingerprint density at radius 2 is 2.06 bits per heavy atom. The summed E-state index contributed by atoms with van der Waals surface area (Å²) in [6, 6.07) is 7.65. The van der Waals surface area contributed by atoms with Gasteiger partial charge >= 0.3 is 0 Å². The molecule has 31 heavy (non-hydrogen) atoms. The molecule has 7 nitrogen and oxygen atoms in total. The smallest absolute Gasteiger partial charge is 0.269 e. The van der Waals surface area contributed by atoms with Gasteiger partial charge in [-0.3, -0.25) is 24.5 Å². The molecule has 0 saturated heterocycles. The highest BCUT2D eigenvalue weighted by atomic mass is 16.1. The summed E-state index contributed by atoms with van der Waals surface area (Å²) in [6.07, 6.45) is 5.30. The topological polar surface area (TPSA) is 91.0 Å². The molecule has 1 aliphatic rings. The Bertz CT molecular complexity index is 1210. The molecule has 0 atom stereocenters. The molecule has 0 saturated carbocycles. The van der Waals surface area contributed by atoms with Gasteiger partial charge in [0.25, 0.3) is 11.5 Å². The van der Waals surface area contributed by atoms with Gasteiger partial charge in [-0.15, -0.1) is 0 Å². The van der Waals surface area contributed by atoms with Crippen molar-refractivity contribution in [2.75, 3.05) is 20.1 Å². The van der Waals surface area contributed by atoms with Crippen LogP contribution in [0.3, 0.4) is 0 Å². The van der Waals surface area contributed by atoms with Gasteiger partial charge in [0.1, 0.15) is 5.69 Å². The van der Waals surface area contributed by atoms with Crippen molar-refractivity contribution in [3.8, 4) is 0 Å². The summed E-state index contributed by atoms with van der Waals surface area (Å²) in [5, 5.41) is 2.59. The van der Waals surface area contributed by atoms with E-state index in [2.05, 4.69) is 32.1 Å². The van der Waals surface area contributed by atoms with Crippen LogP contribution in [-0.4, -0.2) is 45.9 Å². The van der Waals surface area contributed by atoms with Crippen LogP contribution >= 0.6 is 0 Å². The number of rotatable bonds is 5. The largest absolute Gasteiger partial charge is 0.354 e. The monoisotopic (exact) mass is 417 g/mol. The van der Waals surface area contributed by atoms with Crippen molar-refractivity contribution in [3.63, 3.8) is 0 Å². The minimum Gasteiger partial charge on any atom is -0.354 e. The first-order valence-electron chi connectivity index (χ1n) is 10.6. The maximum atomic E-state index is 12.1. The molecule has 0 aromatic carbocycles. The minimum atomic E-state index is -0.177. The lowest BCUT2D eigenvalue weighted by Crippen LogP contribution is -2.30. The van der Waals surface area contributed by atoms with E-state index in [9.17, 15) is 9.59 Å². The average Bonchev–Trinajstić information content (AvgIpc) is 2.78. The Kier molecular flexibility index (Phi) is 5.95. The fraction of sp³-hybridized carbons (Fsp3) is 0.333. The number of hydrogen-bond acceptors (Lipinski definition) is 5. The molecule has 0 radical (unpaired) electrons. The maximum Gasteiger partial charge on any atom is 0.269 e. The first-order valence-corrected chi connectivity index (χ1v) is 10.6. The summed E-state index contributed by atoms with van der Waals surface area (Å²) in [6.45, 7) is 6.68. The number of nitrogens with one attached hydrogen (secondary N) is 2. The number of pyridine rings is 3. The van der Waals surface area contributed by atoms with Crippen molar-refractivity contribution in [2.24, 2.45) is 0 Å². The zero-order valence-electron chi connectivity index (χ0n) is 18.2. The van der Waals surface area contributed by atoms with Gasteiger partial charge in [-0.05, 0) is 54.7 Å². The predicted octanol–water partition coefficient (Wildman–Crippen LogP) is 2.92. The number of hydrogen-bond donors (Lipinski definition) is 2. The number of aromatic amines is 1. The molecule has 0 fully saturated rings. The Morgan fingerprint density at radius 3 is 2.74 bits per heavy atom. The lowest BCUT2D eigenvalue weighted by Gasteiger charge is -2.29. The number of aryl methyl sites for hydroxylation is 1. The van der Waals surface area contributed by atoms with Gasteiger partial charge in [0.05, 0.1) is 11.0 Å². The van der Waals surface area contributed by atoms with E-state index < -0.39 is 0 Å². The minimum absolute atomic E-state index is 0.0358. The van der Waals surface area contributed by atoms with Crippen LogP contribution in [0, 0.1) is 0 Å². The molecule has 4 heterocycles. The second-order valence-electron chi connectivity index (χ2n) is 7.98. The van der Waals surface area contributed by atoms with Crippen LogP contribution in [-0.2, 0) is 13.0 Å². The summed E-state index contributed by atoms with van der Waals surface area (Å²) in [4.78, 5) is 38.0. The predicted molar refractivity (Wildman–Crippen MR) is 122 cm³/mol. The number of fused-ring (bicyclic) bond motifs is 1. The molecular weight excluding hydrogens is 390 g/mol. The molecular formula is C24H27N5O2. The molecule has 160 valence electrons. The summed E-state index contributed by atoms with van der Waals surface area (Å²) < 4.78 is 0. The third-order valence-corrected chi connectivity index (χ3v) is 5.84. The number of carbonyl (C=O) groups excluding carboxylic acids is 1. The van der Waals surface area contributed by atoms with Crippen molar-refractivity contribution < 1.29 is 4.79 Å². The van der Waals surface area contributed by atoms with E-state index in [1.807, 2.05) is 31.3 Å². The molecule has 3 aromatic rings. The van der Waals surface area contributed by atoms with Gasteiger partial charge in [-0.1, -0.05) is 18.6 Å². The Hall–Kier alpha value is -3.32. The van der Waals surface area contributed by atoms with Crippen LogP contribution in [0.1, 0.15) is 47.4 Å². The molecule has 7 heteroatoms. The SMILES string of the molecule is CCc1cc2ncc(CN3CCC(c4ccc(C(=O)NC)nc4)=C(C)C3)cc2[nH]c1=O. The van der Waals surface area contributed by atoms with Gasteiger partial charge in [0, 0.05) is 44.6 Å². The Labute approximate surface area is 181 Å².